The number of imide groups is 1. The van der Waals surface area contributed by atoms with Gasteiger partial charge >= 0.3 is 5.69 Å². The maximum Gasteiger partial charge on any atom is 0.333 e. The minimum Gasteiger partial charge on any atom is -0.493 e. The van der Waals surface area contributed by atoms with Crippen LogP contribution in [0.5, 0.6) is 5.88 Å². The molecule has 0 saturated carbocycles. The van der Waals surface area contributed by atoms with E-state index in [1.165, 1.54) is 37.3 Å². The van der Waals surface area contributed by atoms with Crippen molar-refractivity contribution in [2.75, 3.05) is 14.1 Å². The van der Waals surface area contributed by atoms with Gasteiger partial charge in [0.05, 0.1) is 16.8 Å². The number of carbonyl (C=O) groups excluding carboxylic acids is 2. The summed E-state index contributed by atoms with van der Waals surface area (Å²) in [7, 11) is 5.61. The highest BCUT2D eigenvalue weighted by molar-refractivity contribution is 6.23. The number of carbonyl (C=O) groups is 2. The number of rotatable bonds is 3. The molecule has 0 aliphatic carbocycles. The van der Waals surface area contributed by atoms with E-state index in [0.29, 0.717) is 0 Å². The van der Waals surface area contributed by atoms with E-state index >= 15 is 0 Å². The molecule has 2 heterocycles. The van der Waals surface area contributed by atoms with Gasteiger partial charge in [-0.1, -0.05) is 6.07 Å². The Balaban J connectivity index is 2.14. The van der Waals surface area contributed by atoms with Gasteiger partial charge in [-0.2, -0.15) is 0 Å². The highest BCUT2D eigenvalue weighted by Gasteiger charge is 2.39. The SMILES string of the molecule is CN(C)N1C(=O)c2cccc(N=Nc3c(O)n(C)c(=O)n(C)c3=O)c2C1=O. The first-order valence-electron chi connectivity index (χ1n) is 7.76. The molecule has 0 radical (unpaired) electrons. The zero-order valence-electron chi connectivity index (χ0n) is 15.0. The zero-order valence-corrected chi connectivity index (χ0v) is 15.0. The standard InChI is InChI=1S/C16H16N6O5/c1-19(2)22-12(23)8-6-5-7-9(10(8)13(22)24)17-18-11-14(25)20(3)16(27)21(4)15(11)26/h5-7,25H,1-4H3. The van der Waals surface area contributed by atoms with Crippen LogP contribution in [0, 0.1) is 0 Å². The molecule has 2 aromatic rings. The second kappa shape index (κ2) is 6.29. The largest absolute Gasteiger partial charge is 0.493 e. The van der Waals surface area contributed by atoms with Gasteiger partial charge in [-0.3, -0.25) is 23.5 Å². The van der Waals surface area contributed by atoms with Crippen molar-refractivity contribution in [1.82, 2.24) is 19.2 Å². The number of aromatic hydroxyl groups is 1. The van der Waals surface area contributed by atoms with Crippen LogP contribution in [0.4, 0.5) is 11.4 Å². The van der Waals surface area contributed by atoms with Gasteiger partial charge in [-0.05, 0) is 12.1 Å². The molecule has 1 aromatic carbocycles. The van der Waals surface area contributed by atoms with Gasteiger partial charge in [-0.15, -0.1) is 10.2 Å². The summed E-state index contributed by atoms with van der Waals surface area (Å²) in [6.45, 7) is 0. The first-order chi connectivity index (χ1) is 12.7. The van der Waals surface area contributed by atoms with Crippen molar-refractivity contribution in [2.24, 2.45) is 24.3 Å². The highest BCUT2D eigenvalue weighted by Crippen LogP contribution is 2.32. The average Bonchev–Trinajstić information content (AvgIpc) is 2.89. The molecule has 2 amide bonds. The summed E-state index contributed by atoms with van der Waals surface area (Å²) in [6.07, 6.45) is 0. The molecular weight excluding hydrogens is 356 g/mol. The maximum absolute atomic E-state index is 12.6. The second-order valence-electron chi connectivity index (χ2n) is 6.05. The summed E-state index contributed by atoms with van der Waals surface area (Å²) >= 11 is 0. The summed E-state index contributed by atoms with van der Waals surface area (Å²) in [4.78, 5) is 48.9. The molecule has 11 heteroatoms. The monoisotopic (exact) mass is 372 g/mol. The summed E-state index contributed by atoms with van der Waals surface area (Å²) in [5.41, 5.74) is -1.77. The Kier molecular flexibility index (Phi) is 4.24. The van der Waals surface area contributed by atoms with E-state index in [1.54, 1.807) is 14.1 Å². The van der Waals surface area contributed by atoms with Crippen LogP contribution in [0.1, 0.15) is 20.7 Å². The van der Waals surface area contributed by atoms with Crippen LogP contribution in [0.15, 0.2) is 38.0 Å². The van der Waals surface area contributed by atoms with Crippen molar-refractivity contribution >= 4 is 23.2 Å². The van der Waals surface area contributed by atoms with Crippen LogP contribution in [-0.4, -0.2) is 50.2 Å². The lowest BCUT2D eigenvalue weighted by Crippen LogP contribution is -2.41. The second-order valence-corrected chi connectivity index (χ2v) is 6.05. The number of hydrogen-bond acceptors (Lipinski definition) is 8. The lowest BCUT2D eigenvalue weighted by molar-refractivity contribution is 0.0234. The number of fused-ring (bicyclic) bond motifs is 1. The van der Waals surface area contributed by atoms with Gasteiger partial charge in [0.2, 0.25) is 11.6 Å². The Hall–Kier alpha value is -3.60. The molecule has 140 valence electrons. The number of hydrazine groups is 1. The van der Waals surface area contributed by atoms with Crippen LogP contribution in [0.3, 0.4) is 0 Å². The number of nitrogens with zero attached hydrogens (tertiary/aromatic N) is 6. The van der Waals surface area contributed by atoms with Crippen molar-refractivity contribution in [3.8, 4) is 5.88 Å². The van der Waals surface area contributed by atoms with Crippen LogP contribution in [-0.2, 0) is 14.1 Å². The van der Waals surface area contributed by atoms with E-state index in [4.69, 9.17) is 0 Å². The molecule has 0 saturated heterocycles. The van der Waals surface area contributed by atoms with Gasteiger partial charge < -0.3 is 5.11 Å². The van der Waals surface area contributed by atoms with Gasteiger partial charge in [-0.25, -0.2) is 14.8 Å². The Morgan fingerprint density at radius 2 is 1.63 bits per heavy atom. The van der Waals surface area contributed by atoms with Crippen molar-refractivity contribution in [2.45, 2.75) is 0 Å². The third kappa shape index (κ3) is 2.64. The van der Waals surface area contributed by atoms with Crippen LogP contribution < -0.4 is 11.2 Å². The first-order valence-corrected chi connectivity index (χ1v) is 7.76. The van der Waals surface area contributed by atoms with Crippen molar-refractivity contribution in [3.63, 3.8) is 0 Å². The quantitative estimate of drug-likeness (QED) is 0.608. The van der Waals surface area contributed by atoms with Gasteiger partial charge in [0, 0.05) is 28.2 Å². The predicted molar refractivity (Wildman–Crippen MR) is 93.4 cm³/mol. The number of amides is 2. The first kappa shape index (κ1) is 18.2. The lowest BCUT2D eigenvalue weighted by atomic mass is 10.1. The summed E-state index contributed by atoms with van der Waals surface area (Å²) < 4.78 is 1.61. The van der Waals surface area contributed by atoms with E-state index in [2.05, 4.69) is 10.2 Å². The maximum atomic E-state index is 12.6. The van der Waals surface area contributed by atoms with E-state index in [9.17, 15) is 24.3 Å². The summed E-state index contributed by atoms with van der Waals surface area (Å²) in [6, 6.07) is 4.47. The van der Waals surface area contributed by atoms with Crippen LogP contribution >= 0.6 is 0 Å². The number of benzene rings is 1. The fraction of sp³-hybridized carbons (Fsp3) is 0.250. The molecule has 0 fully saturated rings. The molecular formula is C16H16N6O5. The minimum absolute atomic E-state index is 0.0427. The van der Waals surface area contributed by atoms with E-state index in [0.717, 1.165) is 14.1 Å². The van der Waals surface area contributed by atoms with Crippen molar-refractivity contribution in [3.05, 3.63) is 50.2 Å². The molecule has 1 aliphatic heterocycles. The Morgan fingerprint density at radius 3 is 2.26 bits per heavy atom. The molecule has 1 aliphatic rings. The third-order valence-electron chi connectivity index (χ3n) is 4.14. The number of hydrogen-bond donors (Lipinski definition) is 1. The predicted octanol–water partition coefficient (Wildman–Crippen LogP) is 0.278. The minimum atomic E-state index is -0.843. The Bertz CT molecular complexity index is 1130. The molecule has 0 atom stereocenters. The summed E-state index contributed by atoms with van der Waals surface area (Å²) in [5.74, 6) is -1.73. The number of azo groups is 1. The van der Waals surface area contributed by atoms with Gasteiger partial charge in [0.1, 0.15) is 0 Å². The van der Waals surface area contributed by atoms with E-state index < -0.39 is 34.6 Å². The Morgan fingerprint density at radius 1 is 0.963 bits per heavy atom. The van der Waals surface area contributed by atoms with Crippen molar-refractivity contribution < 1.29 is 14.7 Å². The fourth-order valence-corrected chi connectivity index (χ4v) is 2.71. The molecule has 0 spiro atoms. The average molecular weight is 372 g/mol. The molecule has 0 bridgehead atoms. The van der Waals surface area contributed by atoms with E-state index in [-0.39, 0.29) is 16.8 Å². The molecule has 3 rings (SSSR count). The number of aromatic nitrogens is 2. The normalized spacial score (nSPS) is 13.9. The van der Waals surface area contributed by atoms with Crippen molar-refractivity contribution in [1.29, 1.82) is 0 Å². The lowest BCUT2D eigenvalue weighted by Gasteiger charge is -2.20. The van der Waals surface area contributed by atoms with Gasteiger partial charge in [0.15, 0.2) is 0 Å². The smallest absolute Gasteiger partial charge is 0.333 e. The van der Waals surface area contributed by atoms with E-state index in [1.807, 2.05) is 0 Å². The summed E-state index contributed by atoms with van der Waals surface area (Å²) in [5, 5.41) is 19.9. The molecule has 1 N–H and O–H groups in total. The van der Waals surface area contributed by atoms with Gasteiger partial charge in [0.25, 0.3) is 17.4 Å². The zero-order chi connectivity index (χ0) is 20.0. The fourth-order valence-electron chi connectivity index (χ4n) is 2.71. The van der Waals surface area contributed by atoms with Crippen LogP contribution in [0.25, 0.3) is 0 Å². The molecule has 0 unspecified atom stereocenters. The van der Waals surface area contributed by atoms with Crippen LogP contribution in [0.2, 0.25) is 0 Å². The molecule has 11 nitrogen and oxygen atoms in total. The molecule has 1 aromatic heterocycles. The molecule has 27 heavy (non-hydrogen) atoms. The Labute approximate surface area is 152 Å². The topological polar surface area (TPSA) is 130 Å². The highest BCUT2D eigenvalue weighted by atomic mass is 16.3. The third-order valence-corrected chi connectivity index (χ3v) is 4.14.